The van der Waals surface area contributed by atoms with Gasteiger partial charge in [0.1, 0.15) is 5.75 Å². The Labute approximate surface area is 173 Å². The molecule has 0 saturated carbocycles. The van der Waals surface area contributed by atoms with Gasteiger partial charge in [0.25, 0.3) is 0 Å². The van der Waals surface area contributed by atoms with E-state index in [2.05, 4.69) is 13.8 Å². The maximum atomic E-state index is 13.0. The molecule has 0 spiro atoms. The Morgan fingerprint density at radius 3 is 2.07 bits per heavy atom. The zero-order valence-electron chi connectivity index (χ0n) is 17.7. The number of rotatable bonds is 4. The van der Waals surface area contributed by atoms with Crippen molar-refractivity contribution in [3.8, 4) is 5.75 Å². The summed E-state index contributed by atoms with van der Waals surface area (Å²) in [6.07, 6.45) is 1.04. The Hall–Kier alpha value is -2.18. The molecule has 0 radical (unpaired) electrons. The molecule has 6 heteroatoms. The van der Waals surface area contributed by atoms with Crippen LogP contribution in [-0.2, 0) is 10.0 Å². The number of ether oxygens (including phenoxy) is 1. The Morgan fingerprint density at radius 1 is 0.931 bits per heavy atom. The van der Waals surface area contributed by atoms with Gasteiger partial charge in [-0.3, -0.25) is 0 Å². The summed E-state index contributed by atoms with van der Waals surface area (Å²) in [5.41, 5.74) is 3.18. The summed E-state index contributed by atoms with van der Waals surface area (Å²) in [7, 11) is -3.57. The van der Waals surface area contributed by atoms with Crippen LogP contribution in [-0.4, -0.2) is 31.8 Å². The van der Waals surface area contributed by atoms with E-state index in [-0.39, 0.29) is 4.90 Å². The fraction of sp³-hybridized carbons (Fsp3) is 0.435. The van der Waals surface area contributed by atoms with E-state index in [1.807, 2.05) is 32.9 Å². The van der Waals surface area contributed by atoms with Crippen molar-refractivity contribution in [2.24, 2.45) is 11.8 Å². The summed E-state index contributed by atoms with van der Waals surface area (Å²) >= 11 is 0. The van der Waals surface area contributed by atoms with Gasteiger partial charge in [0.2, 0.25) is 10.0 Å². The van der Waals surface area contributed by atoms with Crippen LogP contribution in [0.4, 0.5) is 0 Å². The summed E-state index contributed by atoms with van der Waals surface area (Å²) in [6, 6.07) is 9.93. The van der Waals surface area contributed by atoms with Gasteiger partial charge in [-0.25, -0.2) is 13.2 Å². The summed E-state index contributed by atoms with van der Waals surface area (Å²) in [4.78, 5) is 12.8. The molecular weight excluding hydrogens is 386 g/mol. The second-order valence-corrected chi connectivity index (χ2v) is 10.3. The zero-order valence-corrected chi connectivity index (χ0v) is 18.5. The molecule has 156 valence electrons. The molecule has 3 rings (SSSR count). The summed E-state index contributed by atoms with van der Waals surface area (Å²) in [5, 5.41) is 0. The molecule has 1 saturated heterocycles. The molecule has 0 amide bonds. The Bertz CT molecular complexity index is 1000. The normalized spacial score (nSPS) is 20.4. The lowest BCUT2D eigenvalue weighted by Gasteiger charge is -2.34. The summed E-state index contributed by atoms with van der Waals surface area (Å²) in [5.74, 6) is 0.737. The van der Waals surface area contributed by atoms with Gasteiger partial charge in [0, 0.05) is 13.1 Å². The van der Waals surface area contributed by atoms with Crippen molar-refractivity contribution in [3.05, 3.63) is 58.7 Å². The van der Waals surface area contributed by atoms with Crippen LogP contribution in [0.3, 0.4) is 0 Å². The lowest BCUT2D eigenvalue weighted by molar-refractivity contribution is 0.0732. The van der Waals surface area contributed by atoms with Gasteiger partial charge < -0.3 is 4.74 Å². The van der Waals surface area contributed by atoms with Gasteiger partial charge in [-0.1, -0.05) is 26.0 Å². The highest BCUT2D eigenvalue weighted by Crippen LogP contribution is 2.28. The maximum Gasteiger partial charge on any atom is 0.343 e. The first-order chi connectivity index (χ1) is 13.6. The minimum Gasteiger partial charge on any atom is -0.422 e. The van der Waals surface area contributed by atoms with Crippen LogP contribution < -0.4 is 4.74 Å². The van der Waals surface area contributed by atoms with Crippen LogP contribution in [0.2, 0.25) is 0 Å². The van der Waals surface area contributed by atoms with Gasteiger partial charge in [-0.05, 0) is 80.0 Å². The first-order valence-corrected chi connectivity index (χ1v) is 11.4. The fourth-order valence-electron chi connectivity index (χ4n) is 3.95. The molecule has 5 nitrogen and oxygen atoms in total. The van der Waals surface area contributed by atoms with Crippen molar-refractivity contribution in [2.45, 2.75) is 45.9 Å². The SMILES string of the molecule is Cc1ccc(C)c(OC(=O)c2ccc(S(=O)(=O)N3C[C@H](C)C[C@@H](C)C3)cc2)c1C. The molecule has 1 heterocycles. The molecule has 1 fully saturated rings. The quantitative estimate of drug-likeness (QED) is 0.545. The summed E-state index contributed by atoms with van der Waals surface area (Å²) in [6.45, 7) is 11.0. The highest BCUT2D eigenvalue weighted by molar-refractivity contribution is 7.89. The number of hydrogen-bond acceptors (Lipinski definition) is 4. The first kappa shape index (κ1) is 21.5. The van der Waals surface area contributed by atoms with E-state index in [1.165, 1.54) is 24.3 Å². The third kappa shape index (κ3) is 4.54. The standard InChI is InChI=1S/C23H29NO4S/c1-15-12-16(2)14-24(13-15)29(26,27)21-10-8-20(9-11-21)23(25)28-22-18(4)7-6-17(3)19(22)5/h6-11,15-16H,12-14H2,1-5H3/t15-,16-/m1/s1. The third-order valence-corrected chi connectivity index (χ3v) is 7.48. The van der Waals surface area contributed by atoms with Gasteiger partial charge in [0.05, 0.1) is 10.5 Å². The van der Waals surface area contributed by atoms with Crippen LogP contribution in [0.1, 0.15) is 47.3 Å². The van der Waals surface area contributed by atoms with Crippen LogP contribution in [0.25, 0.3) is 0 Å². The molecule has 2 aromatic rings. The second kappa shape index (κ2) is 8.28. The molecule has 0 unspecified atom stereocenters. The van der Waals surface area contributed by atoms with Crippen LogP contribution in [0, 0.1) is 32.6 Å². The molecule has 0 aromatic heterocycles. The van der Waals surface area contributed by atoms with E-state index in [0.717, 1.165) is 23.1 Å². The zero-order chi connectivity index (χ0) is 21.3. The van der Waals surface area contributed by atoms with Crippen molar-refractivity contribution in [1.29, 1.82) is 0 Å². The number of aryl methyl sites for hydroxylation is 2. The predicted octanol–water partition coefficient (Wildman–Crippen LogP) is 4.50. The summed E-state index contributed by atoms with van der Waals surface area (Å²) < 4.78 is 33.1. The highest BCUT2D eigenvalue weighted by atomic mass is 32.2. The fourth-order valence-corrected chi connectivity index (χ4v) is 5.63. The second-order valence-electron chi connectivity index (χ2n) is 8.34. The maximum absolute atomic E-state index is 13.0. The number of hydrogen-bond donors (Lipinski definition) is 0. The topological polar surface area (TPSA) is 63.7 Å². The van der Waals surface area contributed by atoms with Crippen molar-refractivity contribution >= 4 is 16.0 Å². The van der Waals surface area contributed by atoms with E-state index in [0.29, 0.717) is 36.2 Å². The number of sulfonamides is 1. The molecule has 2 atom stereocenters. The Balaban J connectivity index is 1.80. The van der Waals surface area contributed by atoms with Crippen LogP contribution >= 0.6 is 0 Å². The molecule has 29 heavy (non-hydrogen) atoms. The van der Waals surface area contributed by atoms with Crippen molar-refractivity contribution in [2.75, 3.05) is 13.1 Å². The third-order valence-electron chi connectivity index (χ3n) is 5.63. The van der Waals surface area contributed by atoms with Crippen molar-refractivity contribution in [1.82, 2.24) is 4.31 Å². The number of nitrogens with zero attached hydrogens (tertiary/aromatic N) is 1. The van der Waals surface area contributed by atoms with E-state index >= 15 is 0 Å². The van der Waals surface area contributed by atoms with E-state index in [4.69, 9.17) is 4.74 Å². The molecule has 2 aromatic carbocycles. The van der Waals surface area contributed by atoms with E-state index < -0.39 is 16.0 Å². The smallest absolute Gasteiger partial charge is 0.343 e. The predicted molar refractivity (Wildman–Crippen MR) is 114 cm³/mol. The number of carbonyl (C=O) groups is 1. The van der Waals surface area contributed by atoms with Gasteiger partial charge in [-0.2, -0.15) is 4.31 Å². The minimum absolute atomic E-state index is 0.207. The van der Waals surface area contributed by atoms with Gasteiger partial charge in [-0.15, -0.1) is 0 Å². The Morgan fingerprint density at radius 2 is 1.48 bits per heavy atom. The van der Waals surface area contributed by atoms with Crippen molar-refractivity contribution < 1.29 is 17.9 Å². The van der Waals surface area contributed by atoms with Gasteiger partial charge >= 0.3 is 5.97 Å². The average molecular weight is 416 g/mol. The molecule has 0 bridgehead atoms. The van der Waals surface area contributed by atoms with E-state index in [9.17, 15) is 13.2 Å². The number of piperidine rings is 1. The van der Waals surface area contributed by atoms with Gasteiger partial charge in [0.15, 0.2) is 0 Å². The average Bonchev–Trinajstić information content (AvgIpc) is 2.67. The molecular formula is C23H29NO4S. The number of esters is 1. The molecule has 0 N–H and O–H groups in total. The number of carbonyl (C=O) groups excluding carboxylic acids is 1. The van der Waals surface area contributed by atoms with Crippen molar-refractivity contribution in [3.63, 3.8) is 0 Å². The Kier molecular flexibility index (Phi) is 6.15. The molecule has 1 aliphatic rings. The minimum atomic E-state index is -3.57. The molecule has 1 aliphatic heterocycles. The first-order valence-electron chi connectivity index (χ1n) is 9.98. The lowest BCUT2D eigenvalue weighted by Crippen LogP contribution is -2.42. The largest absolute Gasteiger partial charge is 0.422 e. The monoisotopic (exact) mass is 415 g/mol. The molecule has 0 aliphatic carbocycles. The number of benzene rings is 2. The highest BCUT2D eigenvalue weighted by Gasteiger charge is 2.31. The van der Waals surface area contributed by atoms with Crippen LogP contribution in [0.15, 0.2) is 41.3 Å². The lowest BCUT2D eigenvalue weighted by atomic mass is 9.94. The van der Waals surface area contributed by atoms with Crippen LogP contribution in [0.5, 0.6) is 5.75 Å². The van der Waals surface area contributed by atoms with E-state index in [1.54, 1.807) is 4.31 Å².